The standard InChI is InChI=1S/C11H12BO2SSi2/c1-12-14-17-8-4-11(5-9-17)15-10-2-6-16(13)7-3-10/h2-9,13H,1H3. The van der Waals surface area contributed by atoms with Crippen molar-refractivity contribution < 1.29 is 9.14 Å². The quantitative estimate of drug-likeness (QED) is 0.862. The number of hydrogen-bond donors (Lipinski definition) is 1. The summed E-state index contributed by atoms with van der Waals surface area (Å²) in [6, 6.07) is 8.20. The van der Waals surface area contributed by atoms with Gasteiger partial charge in [-0.05, 0) is 47.0 Å². The summed E-state index contributed by atoms with van der Waals surface area (Å²) < 4.78 is 5.45. The monoisotopic (exact) mass is 275 g/mol. The Balaban J connectivity index is 2.05. The maximum absolute atomic E-state index is 9.38. The molecule has 1 N–H and O–H groups in total. The zero-order valence-electron chi connectivity index (χ0n) is 9.46. The van der Waals surface area contributed by atoms with Crippen LogP contribution in [0.15, 0.2) is 56.8 Å². The Morgan fingerprint density at radius 2 is 1.59 bits per heavy atom. The van der Waals surface area contributed by atoms with Crippen LogP contribution in [-0.4, -0.2) is 29.6 Å². The molecular formula is C11H12BO2SSi2. The molecule has 0 saturated heterocycles. The minimum Gasteiger partial charge on any atom is -0.625 e. The summed E-state index contributed by atoms with van der Waals surface area (Å²) in [5.41, 5.74) is 8.03. The first-order valence-electron chi connectivity index (χ1n) is 5.29. The lowest BCUT2D eigenvalue weighted by molar-refractivity contribution is 0.606. The van der Waals surface area contributed by atoms with E-state index in [1.807, 2.05) is 30.3 Å². The fourth-order valence-corrected chi connectivity index (χ4v) is 4.71. The molecule has 17 heavy (non-hydrogen) atoms. The minimum atomic E-state index is -1.34. The molecule has 2 nitrogen and oxygen atoms in total. The van der Waals surface area contributed by atoms with Crippen molar-refractivity contribution in [1.82, 2.24) is 0 Å². The molecule has 1 radical (unpaired) electrons. The Morgan fingerprint density at radius 1 is 1.06 bits per heavy atom. The Bertz CT molecular complexity index is 476. The molecule has 0 atom stereocenters. The fraction of sp³-hybridized carbons (Fsp3) is 0.0909. The van der Waals surface area contributed by atoms with Gasteiger partial charge in [0.05, 0.1) is 0 Å². The predicted octanol–water partition coefficient (Wildman–Crippen LogP) is 1.74. The van der Waals surface area contributed by atoms with Gasteiger partial charge in [-0.15, -0.1) is 0 Å². The molecule has 0 fully saturated rings. The summed E-state index contributed by atoms with van der Waals surface area (Å²) in [7, 11) is -0.509. The van der Waals surface area contributed by atoms with Crippen molar-refractivity contribution in [1.29, 1.82) is 0 Å². The lowest BCUT2D eigenvalue weighted by Crippen LogP contribution is -2.13. The van der Waals surface area contributed by atoms with Crippen LogP contribution in [0.25, 0.3) is 0 Å². The summed E-state index contributed by atoms with van der Waals surface area (Å²) in [5, 5.41) is 0. The van der Waals surface area contributed by atoms with Gasteiger partial charge >= 0.3 is 7.48 Å². The molecule has 0 bridgehead atoms. The molecule has 0 spiro atoms. The minimum absolute atomic E-state index is 0.911. The first-order valence-corrected chi connectivity index (χ1v) is 9.27. The topological polar surface area (TPSA) is 29.5 Å². The summed E-state index contributed by atoms with van der Waals surface area (Å²) in [4.78, 5) is 11.7. The maximum Gasteiger partial charge on any atom is 0.348 e. The highest BCUT2D eigenvalue weighted by molar-refractivity contribution is 7.99. The highest BCUT2D eigenvalue weighted by Gasteiger charge is 2.00. The molecule has 2 rings (SSSR count). The molecule has 0 aliphatic rings. The third-order valence-corrected chi connectivity index (χ3v) is 5.68. The van der Waals surface area contributed by atoms with E-state index < -0.39 is 17.3 Å². The van der Waals surface area contributed by atoms with Crippen LogP contribution in [0.2, 0.25) is 6.82 Å². The van der Waals surface area contributed by atoms with Gasteiger partial charge in [-0.3, -0.25) is 0 Å². The van der Waals surface area contributed by atoms with E-state index in [4.69, 9.17) is 4.34 Å². The predicted molar refractivity (Wildman–Crippen MR) is 74.7 cm³/mol. The van der Waals surface area contributed by atoms with Gasteiger partial charge in [0.25, 0.3) is 8.64 Å². The van der Waals surface area contributed by atoms with Crippen molar-refractivity contribution in [2.45, 2.75) is 16.6 Å². The zero-order chi connectivity index (χ0) is 12.1. The summed E-state index contributed by atoms with van der Waals surface area (Å²) in [5.74, 6) is 0. The smallest absolute Gasteiger partial charge is 0.348 e. The van der Waals surface area contributed by atoms with Crippen molar-refractivity contribution >= 4 is 36.5 Å². The van der Waals surface area contributed by atoms with E-state index in [0.717, 1.165) is 4.90 Å². The zero-order valence-corrected chi connectivity index (χ0v) is 12.3. The van der Waals surface area contributed by atoms with Gasteiger partial charge in [-0.25, -0.2) is 0 Å². The van der Waals surface area contributed by atoms with E-state index in [1.54, 1.807) is 19.2 Å². The summed E-state index contributed by atoms with van der Waals surface area (Å²) >= 11 is 1.71. The second-order valence-corrected chi connectivity index (χ2v) is 7.79. The van der Waals surface area contributed by atoms with E-state index >= 15 is 0 Å². The molecule has 2 aromatic rings. The fourth-order valence-electron chi connectivity index (χ4n) is 1.37. The molecule has 0 amide bonds. The SMILES string of the molecule is C[B]O[si]1ccc(Sc2cc[si](O)cc2)cc1. The van der Waals surface area contributed by atoms with Gasteiger partial charge in [0.1, 0.15) is 0 Å². The third-order valence-electron chi connectivity index (χ3n) is 2.15. The average molecular weight is 275 g/mol. The van der Waals surface area contributed by atoms with Crippen LogP contribution in [-0.2, 0) is 0 Å². The van der Waals surface area contributed by atoms with Gasteiger partial charge in [0.2, 0.25) is 8.64 Å². The molecule has 2 heterocycles. The van der Waals surface area contributed by atoms with Crippen LogP contribution < -0.4 is 4.34 Å². The summed E-state index contributed by atoms with van der Waals surface area (Å²) in [6.07, 6.45) is 0. The maximum atomic E-state index is 9.38. The van der Waals surface area contributed by atoms with Gasteiger partial charge < -0.3 is 9.14 Å². The second-order valence-electron chi connectivity index (χ2n) is 3.42. The van der Waals surface area contributed by atoms with Crippen LogP contribution in [0.4, 0.5) is 0 Å². The highest BCUT2D eigenvalue weighted by Crippen LogP contribution is 2.26. The van der Waals surface area contributed by atoms with Crippen LogP contribution in [0.3, 0.4) is 0 Å². The molecule has 2 aromatic heterocycles. The first kappa shape index (κ1) is 12.6. The van der Waals surface area contributed by atoms with E-state index in [-0.39, 0.29) is 0 Å². The van der Waals surface area contributed by atoms with E-state index in [0.29, 0.717) is 0 Å². The van der Waals surface area contributed by atoms with Crippen molar-refractivity contribution in [2.24, 2.45) is 0 Å². The second kappa shape index (κ2) is 6.18. The Labute approximate surface area is 109 Å². The molecular weight excluding hydrogens is 263 g/mol. The number of rotatable bonds is 4. The molecule has 0 aromatic carbocycles. The molecule has 0 aliphatic carbocycles. The molecule has 0 aliphatic heterocycles. The third kappa shape index (κ3) is 3.83. The Hall–Kier alpha value is -0.851. The van der Waals surface area contributed by atoms with Gasteiger partial charge in [0.15, 0.2) is 0 Å². The van der Waals surface area contributed by atoms with Gasteiger partial charge in [-0.1, -0.05) is 18.6 Å². The van der Waals surface area contributed by atoms with Crippen molar-refractivity contribution in [3.05, 3.63) is 47.0 Å². The first-order chi connectivity index (χ1) is 8.28. The van der Waals surface area contributed by atoms with Crippen molar-refractivity contribution in [3.8, 4) is 0 Å². The Morgan fingerprint density at radius 3 is 2.12 bits per heavy atom. The van der Waals surface area contributed by atoms with Gasteiger partial charge in [-0.2, -0.15) is 0 Å². The van der Waals surface area contributed by atoms with Crippen molar-refractivity contribution in [3.63, 3.8) is 0 Å². The van der Waals surface area contributed by atoms with E-state index in [1.165, 1.54) is 4.90 Å². The molecule has 85 valence electrons. The molecule has 6 heteroatoms. The molecule has 0 unspecified atom stereocenters. The lowest BCUT2D eigenvalue weighted by atomic mass is 10.1. The van der Waals surface area contributed by atoms with E-state index in [9.17, 15) is 4.80 Å². The Kier molecular flexibility index (Phi) is 4.58. The molecule has 0 saturated carbocycles. The van der Waals surface area contributed by atoms with Crippen molar-refractivity contribution in [2.75, 3.05) is 0 Å². The van der Waals surface area contributed by atoms with E-state index in [2.05, 4.69) is 23.5 Å². The lowest BCUT2D eigenvalue weighted by Gasteiger charge is -2.04. The highest BCUT2D eigenvalue weighted by atomic mass is 32.2. The largest absolute Gasteiger partial charge is 0.625 e. The summed E-state index contributed by atoms with van der Waals surface area (Å²) in [6.45, 7) is 1.90. The van der Waals surface area contributed by atoms with Crippen LogP contribution in [0.5, 0.6) is 0 Å². The van der Waals surface area contributed by atoms with Crippen LogP contribution in [0.1, 0.15) is 0 Å². The normalized spacial score (nSPS) is 9.94. The van der Waals surface area contributed by atoms with Crippen LogP contribution in [0, 0.1) is 0 Å². The average Bonchev–Trinajstić information content (AvgIpc) is 2.35. The van der Waals surface area contributed by atoms with Crippen LogP contribution >= 0.6 is 11.8 Å². The van der Waals surface area contributed by atoms with Gasteiger partial charge in [0, 0.05) is 9.79 Å². The number of hydrogen-bond acceptors (Lipinski definition) is 3.